The Labute approximate surface area is 108 Å². The summed E-state index contributed by atoms with van der Waals surface area (Å²) in [4.78, 5) is 2.28. The van der Waals surface area contributed by atoms with Crippen molar-refractivity contribution in [1.29, 1.82) is 0 Å². The number of hydrogen-bond acceptors (Lipinski definition) is 4. The highest BCUT2D eigenvalue weighted by Gasteiger charge is 2.24. The molecule has 1 aromatic carbocycles. The molecule has 1 fully saturated rings. The number of nitrogen functional groups attached to an aromatic ring is 1. The molecule has 1 saturated heterocycles. The summed E-state index contributed by atoms with van der Waals surface area (Å²) in [5.41, 5.74) is 7.66. The Morgan fingerprint density at radius 3 is 2.94 bits per heavy atom. The number of ether oxygens (including phenoxy) is 1. The van der Waals surface area contributed by atoms with Crippen molar-refractivity contribution in [2.24, 2.45) is 5.92 Å². The fourth-order valence-corrected chi connectivity index (χ4v) is 2.37. The third-order valence-electron chi connectivity index (χ3n) is 3.52. The molecular formula is C14H22N2O2. The van der Waals surface area contributed by atoms with E-state index in [4.69, 9.17) is 10.5 Å². The Kier molecular flexibility index (Phi) is 3.97. The Balaban J connectivity index is 2.15. The van der Waals surface area contributed by atoms with Crippen molar-refractivity contribution in [3.8, 4) is 5.75 Å². The number of hydrogen-bond donors (Lipinski definition) is 2. The average molecular weight is 250 g/mol. The minimum atomic E-state index is -0.179. The maximum Gasteiger partial charge on any atom is 0.144 e. The van der Waals surface area contributed by atoms with E-state index in [2.05, 4.69) is 11.8 Å². The Bertz CT molecular complexity index is 409. The Hall–Kier alpha value is -1.42. The van der Waals surface area contributed by atoms with Crippen LogP contribution in [-0.2, 0) is 0 Å². The minimum absolute atomic E-state index is 0.179. The van der Waals surface area contributed by atoms with E-state index in [-0.39, 0.29) is 6.10 Å². The molecule has 0 amide bonds. The summed E-state index contributed by atoms with van der Waals surface area (Å²) in [5, 5.41) is 9.75. The van der Waals surface area contributed by atoms with Crippen LogP contribution in [0.5, 0.6) is 5.75 Å². The van der Waals surface area contributed by atoms with Crippen LogP contribution >= 0.6 is 0 Å². The van der Waals surface area contributed by atoms with Crippen molar-refractivity contribution in [1.82, 2.24) is 0 Å². The van der Waals surface area contributed by atoms with E-state index in [0.29, 0.717) is 18.2 Å². The molecular weight excluding hydrogens is 228 g/mol. The number of aliphatic hydroxyl groups excluding tert-OH is 1. The van der Waals surface area contributed by atoms with Crippen LogP contribution in [0.4, 0.5) is 11.4 Å². The van der Waals surface area contributed by atoms with E-state index in [9.17, 15) is 5.11 Å². The number of benzene rings is 1. The highest BCUT2D eigenvalue weighted by molar-refractivity contribution is 5.62. The highest BCUT2D eigenvalue weighted by Crippen LogP contribution is 2.30. The summed E-state index contributed by atoms with van der Waals surface area (Å²) < 4.78 is 5.52. The maximum atomic E-state index is 9.75. The second-order valence-electron chi connectivity index (χ2n) is 4.93. The van der Waals surface area contributed by atoms with Crippen molar-refractivity contribution in [3.05, 3.63) is 18.2 Å². The third kappa shape index (κ3) is 2.70. The first-order valence-electron chi connectivity index (χ1n) is 6.57. The molecule has 0 bridgehead atoms. The monoisotopic (exact) mass is 250 g/mol. The SMILES string of the molecule is CCOc1cc(N2CCC(O)C(C)C2)ccc1N. The molecule has 0 radical (unpaired) electrons. The maximum absolute atomic E-state index is 9.75. The normalized spacial score (nSPS) is 24.1. The summed E-state index contributed by atoms with van der Waals surface area (Å²) in [6, 6.07) is 5.89. The molecule has 1 aromatic rings. The van der Waals surface area contributed by atoms with Gasteiger partial charge in [-0.2, -0.15) is 0 Å². The zero-order valence-electron chi connectivity index (χ0n) is 11.1. The fourth-order valence-electron chi connectivity index (χ4n) is 2.37. The van der Waals surface area contributed by atoms with E-state index >= 15 is 0 Å². The van der Waals surface area contributed by atoms with Gasteiger partial charge >= 0.3 is 0 Å². The van der Waals surface area contributed by atoms with Gasteiger partial charge in [0.2, 0.25) is 0 Å². The van der Waals surface area contributed by atoms with E-state index in [1.807, 2.05) is 25.1 Å². The van der Waals surface area contributed by atoms with Crippen molar-refractivity contribution in [2.75, 3.05) is 30.3 Å². The largest absolute Gasteiger partial charge is 0.492 e. The number of anilines is 2. The van der Waals surface area contributed by atoms with Crippen LogP contribution in [0.1, 0.15) is 20.3 Å². The number of nitrogens with two attached hydrogens (primary N) is 1. The van der Waals surface area contributed by atoms with Crippen LogP contribution in [0.15, 0.2) is 18.2 Å². The summed E-state index contributed by atoms with van der Waals surface area (Å²) >= 11 is 0. The zero-order chi connectivity index (χ0) is 13.1. The molecule has 4 nitrogen and oxygen atoms in total. The van der Waals surface area contributed by atoms with Crippen molar-refractivity contribution < 1.29 is 9.84 Å². The van der Waals surface area contributed by atoms with Gasteiger partial charge in [0.25, 0.3) is 0 Å². The summed E-state index contributed by atoms with van der Waals surface area (Å²) in [7, 11) is 0. The first kappa shape index (κ1) is 13.0. The zero-order valence-corrected chi connectivity index (χ0v) is 11.1. The lowest BCUT2D eigenvalue weighted by atomic mass is 9.96. The van der Waals surface area contributed by atoms with Crippen molar-refractivity contribution in [2.45, 2.75) is 26.4 Å². The van der Waals surface area contributed by atoms with Gasteiger partial charge in [-0.05, 0) is 31.4 Å². The summed E-state index contributed by atoms with van der Waals surface area (Å²) in [6.45, 7) is 6.39. The molecule has 4 heteroatoms. The molecule has 2 rings (SSSR count). The minimum Gasteiger partial charge on any atom is -0.492 e. The molecule has 0 saturated carbocycles. The van der Waals surface area contributed by atoms with E-state index in [0.717, 1.165) is 30.9 Å². The van der Waals surface area contributed by atoms with E-state index < -0.39 is 0 Å². The van der Waals surface area contributed by atoms with E-state index in [1.165, 1.54) is 0 Å². The molecule has 0 aromatic heterocycles. The predicted molar refractivity (Wildman–Crippen MR) is 74.0 cm³/mol. The molecule has 0 spiro atoms. The molecule has 0 aliphatic carbocycles. The standard InChI is InChI=1S/C14H22N2O2/c1-3-18-14-8-11(4-5-12(14)15)16-7-6-13(17)10(2)9-16/h4-5,8,10,13,17H,3,6-7,9,15H2,1-2H3. The molecule has 3 N–H and O–H groups in total. The Morgan fingerprint density at radius 1 is 1.50 bits per heavy atom. The van der Waals surface area contributed by atoms with Crippen LogP contribution < -0.4 is 15.4 Å². The van der Waals surface area contributed by atoms with Gasteiger partial charge in [0.05, 0.1) is 18.4 Å². The smallest absolute Gasteiger partial charge is 0.144 e. The fraction of sp³-hybridized carbons (Fsp3) is 0.571. The lowest BCUT2D eigenvalue weighted by molar-refractivity contribution is 0.0971. The van der Waals surface area contributed by atoms with Gasteiger partial charge in [-0.25, -0.2) is 0 Å². The van der Waals surface area contributed by atoms with Crippen LogP contribution in [0.25, 0.3) is 0 Å². The highest BCUT2D eigenvalue weighted by atomic mass is 16.5. The molecule has 100 valence electrons. The van der Waals surface area contributed by atoms with Gasteiger partial charge in [-0.15, -0.1) is 0 Å². The van der Waals surface area contributed by atoms with Crippen LogP contribution in [0, 0.1) is 5.92 Å². The lowest BCUT2D eigenvalue weighted by Crippen LogP contribution is -2.41. The third-order valence-corrected chi connectivity index (χ3v) is 3.52. The molecule has 1 heterocycles. The lowest BCUT2D eigenvalue weighted by Gasteiger charge is -2.36. The molecule has 1 aliphatic rings. The number of rotatable bonds is 3. The first-order chi connectivity index (χ1) is 8.61. The van der Waals surface area contributed by atoms with Gasteiger partial charge in [0.15, 0.2) is 0 Å². The molecule has 1 aliphatic heterocycles. The Morgan fingerprint density at radius 2 is 2.28 bits per heavy atom. The topological polar surface area (TPSA) is 58.7 Å². The van der Waals surface area contributed by atoms with Crippen LogP contribution in [0.2, 0.25) is 0 Å². The number of nitrogens with zero attached hydrogens (tertiary/aromatic N) is 1. The molecule has 2 unspecified atom stereocenters. The van der Waals surface area contributed by atoms with Crippen LogP contribution in [0.3, 0.4) is 0 Å². The molecule has 2 atom stereocenters. The van der Waals surface area contributed by atoms with Crippen molar-refractivity contribution in [3.63, 3.8) is 0 Å². The van der Waals surface area contributed by atoms with Gasteiger partial charge in [0, 0.05) is 24.8 Å². The van der Waals surface area contributed by atoms with Crippen molar-refractivity contribution >= 4 is 11.4 Å². The predicted octanol–water partition coefficient (Wildman–Crippen LogP) is 1.87. The van der Waals surface area contributed by atoms with Gasteiger partial charge < -0.3 is 20.5 Å². The quantitative estimate of drug-likeness (QED) is 0.804. The van der Waals surface area contributed by atoms with Gasteiger partial charge in [0.1, 0.15) is 5.75 Å². The van der Waals surface area contributed by atoms with E-state index in [1.54, 1.807) is 0 Å². The van der Waals surface area contributed by atoms with Gasteiger partial charge in [-0.1, -0.05) is 6.92 Å². The van der Waals surface area contributed by atoms with Crippen LogP contribution in [-0.4, -0.2) is 30.9 Å². The summed E-state index contributed by atoms with van der Waals surface area (Å²) in [6.07, 6.45) is 0.636. The molecule has 18 heavy (non-hydrogen) atoms. The second kappa shape index (κ2) is 5.48. The first-order valence-corrected chi connectivity index (χ1v) is 6.57. The average Bonchev–Trinajstić information content (AvgIpc) is 2.36. The summed E-state index contributed by atoms with van der Waals surface area (Å²) in [5.74, 6) is 1.04. The number of aliphatic hydroxyl groups is 1. The number of piperidine rings is 1. The van der Waals surface area contributed by atoms with Gasteiger partial charge in [-0.3, -0.25) is 0 Å². The second-order valence-corrected chi connectivity index (χ2v) is 4.93.